The molecule has 3 heteroatoms. The molecule has 1 N–H and O–H groups in total. The predicted molar refractivity (Wildman–Crippen MR) is 54.6 cm³/mol. The molecule has 0 bridgehead atoms. The van der Waals surface area contributed by atoms with Crippen LogP contribution in [0.2, 0.25) is 5.02 Å². The molecule has 64 valence electrons. The van der Waals surface area contributed by atoms with Gasteiger partial charge in [0, 0.05) is 11.0 Å². The van der Waals surface area contributed by atoms with Gasteiger partial charge in [0.05, 0.1) is 5.02 Å². The molecule has 0 unspecified atom stereocenters. The lowest BCUT2D eigenvalue weighted by molar-refractivity contribution is 0.643. The van der Waals surface area contributed by atoms with E-state index in [1.807, 2.05) is 6.07 Å². The summed E-state index contributed by atoms with van der Waals surface area (Å²) < 4.78 is 1.00. The van der Waals surface area contributed by atoms with Crippen molar-refractivity contribution in [3.8, 4) is 0 Å². The van der Waals surface area contributed by atoms with Crippen molar-refractivity contribution in [2.45, 2.75) is 13.0 Å². The molecular formula is C9H9BrClN. The third-order valence-corrected chi connectivity index (χ3v) is 3.48. The first kappa shape index (κ1) is 8.54. The van der Waals surface area contributed by atoms with Crippen molar-refractivity contribution in [1.29, 1.82) is 0 Å². The molecule has 1 aliphatic heterocycles. The van der Waals surface area contributed by atoms with Crippen LogP contribution in [0.25, 0.3) is 0 Å². The van der Waals surface area contributed by atoms with Crippen molar-refractivity contribution >= 4 is 27.5 Å². The normalized spacial score (nSPS) is 15.8. The molecule has 1 aliphatic rings. The fraction of sp³-hybridized carbons (Fsp3) is 0.333. The van der Waals surface area contributed by atoms with E-state index in [4.69, 9.17) is 11.6 Å². The van der Waals surface area contributed by atoms with Gasteiger partial charge in [0.25, 0.3) is 0 Å². The zero-order valence-electron chi connectivity index (χ0n) is 6.53. The summed E-state index contributed by atoms with van der Waals surface area (Å²) in [6.07, 6.45) is 1.04. The first-order valence-corrected chi connectivity index (χ1v) is 5.12. The van der Waals surface area contributed by atoms with Crippen LogP contribution < -0.4 is 5.32 Å². The van der Waals surface area contributed by atoms with Gasteiger partial charge in [0.1, 0.15) is 0 Å². The highest BCUT2D eigenvalue weighted by molar-refractivity contribution is 9.10. The Hall–Kier alpha value is -0.0500. The highest BCUT2D eigenvalue weighted by atomic mass is 79.9. The molecule has 0 amide bonds. The van der Waals surface area contributed by atoms with Crippen molar-refractivity contribution in [2.24, 2.45) is 0 Å². The number of hydrogen-bond donors (Lipinski definition) is 1. The smallest absolute Gasteiger partial charge is 0.0583 e. The van der Waals surface area contributed by atoms with Gasteiger partial charge in [-0.15, -0.1) is 0 Å². The maximum atomic E-state index is 6.14. The second-order valence-corrected chi connectivity index (χ2v) is 4.16. The molecule has 1 nitrogen and oxygen atoms in total. The summed E-state index contributed by atoms with van der Waals surface area (Å²) in [5.41, 5.74) is 2.62. The second kappa shape index (κ2) is 3.36. The van der Waals surface area contributed by atoms with Crippen molar-refractivity contribution in [3.63, 3.8) is 0 Å². The lowest BCUT2D eigenvalue weighted by Gasteiger charge is -2.18. The van der Waals surface area contributed by atoms with Gasteiger partial charge in [-0.05, 0) is 46.1 Å². The average molecular weight is 247 g/mol. The van der Waals surface area contributed by atoms with Crippen LogP contribution in [0.4, 0.5) is 0 Å². The molecule has 0 fully saturated rings. The van der Waals surface area contributed by atoms with Crippen LogP contribution in [0.3, 0.4) is 0 Å². The van der Waals surface area contributed by atoms with Gasteiger partial charge in [-0.3, -0.25) is 0 Å². The number of halogens is 2. The Kier molecular flexibility index (Phi) is 2.40. The molecular weight excluding hydrogens is 237 g/mol. The third-order valence-electron chi connectivity index (χ3n) is 2.16. The lowest BCUT2D eigenvalue weighted by atomic mass is 10.0. The molecule has 0 saturated carbocycles. The number of hydrogen-bond acceptors (Lipinski definition) is 1. The highest BCUT2D eigenvalue weighted by Gasteiger charge is 2.13. The third kappa shape index (κ3) is 1.39. The van der Waals surface area contributed by atoms with E-state index in [-0.39, 0.29) is 0 Å². The highest BCUT2D eigenvalue weighted by Crippen LogP contribution is 2.30. The van der Waals surface area contributed by atoms with Crippen molar-refractivity contribution < 1.29 is 0 Å². The summed E-state index contributed by atoms with van der Waals surface area (Å²) in [5, 5.41) is 4.20. The fourth-order valence-corrected chi connectivity index (χ4v) is 2.16. The van der Waals surface area contributed by atoms with E-state index in [0.717, 1.165) is 29.0 Å². The largest absolute Gasteiger partial charge is 0.312 e. The Bertz CT molecular complexity index is 312. The van der Waals surface area contributed by atoms with Crippen LogP contribution in [0.1, 0.15) is 11.1 Å². The van der Waals surface area contributed by atoms with E-state index in [2.05, 4.69) is 27.3 Å². The molecule has 0 spiro atoms. The number of rotatable bonds is 0. The molecule has 0 aromatic heterocycles. The topological polar surface area (TPSA) is 12.0 Å². The minimum atomic E-state index is 0.883. The van der Waals surface area contributed by atoms with Gasteiger partial charge in [0.15, 0.2) is 0 Å². The summed E-state index contributed by atoms with van der Waals surface area (Å²) in [4.78, 5) is 0. The van der Waals surface area contributed by atoms with Gasteiger partial charge in [-0.1, -0.05) is 17.7 Å². The van der Waals surface area contributed by atoms with Crippen LogP contribution >= 0.6 is 27.5 Å². The Morgan fingerprint density at radius 1 is 1.42 bits per heavy atom. The van der Waals surface area contributed by atoms with E-state index in [1.165, 1.54) is 11.1 Å². The fourth-order valence-electron chi connectivity index (χ4n) is 1.50. The molecule has 0 aliphatic carbocycles. The van der Waals surface area contributed by atoms with Crippen LogP contribution in [-0.2, 0) is 13.0 Å². The summed E-state index contributed by atoms with van der Waals surface area (Å²) >= 11 is 9.56. The second-order valence-electron chi connectivity index (χ2n) is 2.93. The minimum Gasteiger partial charge on any atom is -0.312 e. The lowest BCUT2D eigenvalue weighted by Crippen LogP contribution is -2.23. The molecule has 1 heterocycles. The maximum absolute atomic E-state index is 6.14. The van der Waals surface area contributed by atoms with Crippen LogP contribution in [-0.4, -0.2) is 6.54 Å². The SMILES string of the molecule is Clc1c(Br)ccc2c1CCNC2. The van der Waals surface area contributed by atoms with Gasteiger partial charge >= 0.3 is 0 Å². The van der Waals surface area contributed by atoms with Gasteiger partial charge in [0.2, 0.25) is 0 Å². The maximum Gasteiger partial charge on any atom is 0.0583 e. The van der Waals surface area contributed by atoms with Crippen LogP contribution in [0.5, 0.6) is 0 Å². The Morgan fingerprint density at radius 3 is 3.08 bits per heavy atom. The molecule has 12 heavy (non-hydrogen) atoms. The Balaban J connectivity index is 2.54. The van der Waals surface area contributed by atoms with Crippen LogP contribution in [0.15, 0.2) is 16.6 Å². The van der Waals surface area contributed by atoms with E-state index in [1.54, 1.807) is 0 Å². The number of benzene rings is 1. The molecule has 2 rings (SSSR count). The van der Waals surface area contributed by atoms with Gasteiger partial charge in [-0.2, -0.15) is 0 Å². The molecule has 0 saturated heterocycles. The van der Waals surface area contributed by atoms with E-state index in [0.29, 0.717) is 0 Å². The zero-order chi connectivity index (χ0) is 8.55. The van der Waals surface area contributed by atoms with E-state index < -0.39 is 0 Å². The van der Waals surface area contributed by atoms with E-state index >= 15 is 0 Å². The van der Waals surface area contributed by atoms with Crippen molar-refractivity contribution in [3.05, 3.63) is 32.8 Å². The molecule has 1 aromatic rings. The Labute approximate surface area is 85.2 Å². The monoisotopic (exact) mass is 245 g/mol. The summed E-state index contributed by atoms with van der Waals surface area (Å²) in [7, 11) is 0. The molecule has 1 aromatic carbocycles. The van der Waals surface area contributed by atoms with Crippen molar-refractivity contribution in [2.75, 3.05) is 6.54 Å². The summed E-state index contributed by atoms with van der Waals surface area (Å²) in [6, 6.07) is 4.13. The minimum absolute atomic E-state index is 0.883. The van der Waals surface area contributed by atoms with Crippen molar-refractivity contribution in [1.82, 2.24) is 5.32 Å². The standard InChI is InChI=1S/C9H9BrClN/c10-8-2-1-6-5-12-4-3-7(6)9(8)11/h1-2,12H,3-5H2. The zero-order valence-corrected chi connectivity index (χ0v) is 8.87. The summed E-state index contributed by atoms with van der Waals surface area (Å²) in [6.45, 7) is 1.98. The number of fused-ring (bicyclic) bond motifs is 1. The number of nitrogens with one attached hydrogen (secondary N) is 1. The first-order valence-electron chi connectivity index (χ1n) is 3.95. The average Bonchev–Trinajstić information content (AvgIpc) is 2.12. The Morgan fingerprint density at radius 2 is 2.25 bits per heavy atom. The molecule has 0 atom stereocenters. The van der Waals surface area contributed by atoms with E-state index in [9.17, 15) is 0 Å². The quantitative estimate of drug-likeness (QED) is 0.742. The van der Waals surface area contributed by atoms with Gasteiger partial charge in [-0.25, -0.2) is 0 Å². The van der Waals surface area contributed by atoms with Crippen LogP contribution in [0, 0.1) is 0 Å². The summed E-state index contributed by atoms with van der Waals surface area (Å²) in [5.74, 6) is 0. The first-order chi connectivity index (χ1) is 5.79. The van der Waals surface area contributed by atoms with Gasteiger partial charge < -0.3 is 5.32 Å². The molecule has 0 radical (unpaired) electrons. The predicted octanol–water partition coefficient (Wildman–Crippen LogP) is 2.75.